The minimum absolute atomic E-state index is 0.0411. The third-order valence-electron chi connectivity index (χ3n) is 5.00. The van der Waals surface area contributed by atoms with Crippen LogP contribution in [-0.2, 0) is 6.54 Å². The van der Waals surface area contributed by atoms with E-state index < -0.39 is 0 Å². The van der Waals surface area contributed by atoms with Crippen molar-refractivity contribution < 1.29 is 4.79 Å². The number of nitriles is 1. The fraction of sp³-hybridized carbons (Fsp3) is 0.318. The first kappa shape index (κ1) is 18.8. The summed E-state index contributed by atoms with van der Waals surface area (Å²) in [6.45, 7) is 4.38. The summed E-state index contributed by atoms with van der Waals surface area (Å²) < 4.78 is 1.82. The van der Waals surface area contributed by atoms with Crippen molar-refractivity contribution >= 4 is 5.91 Å². The first-order valence-corrected chi connectivity index (χ1v) is 9.74. The highest BCUT2D eigenvalue weighted by molar-refractivity contribution is 5.96. The number of carbonyl (C=O) groups is 1. The van der Waals surface area contributed by atoms with Crippen LogP contribution in [0, 0.1) is 11.3 Å². The molecule has 7 nitrogen and oxygen atoms in total. The molecule has 1 N–H and O–H groups in total. The van der Waals surface area contributed by atoms with Crippen molar-refractivity contribution in [3.8, 4) is 17.3 Å². The molecule has 146 valence electrons. The second-order valence-corrected chi connectivity index (χ2v) is 7.50. The largest absolute Gasteiger partial charge is 0.345 e. The maximum absolute atomic E-state index is 13.2. The van der Waals surface area contributed by atoms with Crippen LogP contribution in [0.3, 0.4) is 0 Å². The molecule has 0 aliphatic heterocycles. The minimum atomic E-state index is -0.147. The number of rotatable bonds is 6. The molecule has 0 saturated heterocycles. The lowest BCUT2D eigenvalue weighted by molar-refractivity contribution is 0.0936. The summed E-state index contributed by atoms with van der Waals surface area (Å²) in [5.41, 5.74) is 4.74. The third-order valence-corrected chi connectivity index (χ3v) is 5.00. The molecule has 1 amide bonds. The molecule has 0 unspecified atom stereocenters. The van der Waals surface area contributed by atoms with Gasteiger partial charge in [0, 0.05) is 23.4 Å². The topological polar surface area (TPSA) is 96.5 Å². The maximum atomic E-state index is 13.2. The van der Waals surface area contributed by atoms with Crippen LogP contribution in [-0.4, -0.2) is 25.7 Å². The molecule has 1 saturated carbocycles. The Labute approximate surface area is 169 Å². The number of carbonyl (C=O) groups excluding carboxylic acids is 1. The van der Waals surface area contributed by atoms with Crippen LogP contribution >= 0.6 is 0 Å². The van der Waals surface area contributed by atoms with Crippen molar-refractivity contribution in [2.75, 3.05) is 0 Å². The molecule has 0 atom stereocenters. The van der Waals surface area contributed by atoms with E-state index in [4.69, 9.17) is 10.4 Å². The van der Waals surface area contributed by atoms with Gasteiger partial charge in [-0.3, -0.25) is 9.48 Å². The van der Waals surface area contributed by atoms with Gasteiger partial charge in [-0.1, -0.05) is 12.1 Å². The summed E-state index contributed by atoms with van der Waals surface area (Å²) in [6.07, 6.45) is 5.24. The van der Waals surface area contributed by atoms with Gasteiger partial charge in [0.2, 0.25) is 0 Å². The summed E-state index contributed by atoms with van der Waals surface area (Å²) in [5, 5.41) is 16.9. The molecule has 0 spiro atoms. The zero-order chi connectivity index (χ0) is 20.4. The zero-order valence-corrected chi connectivity index (χ0v) is 16.5. The number of aromatic nitrogens is 4. The minimum Gasteiger partial charge on any atom is -0.345 e. The highest BCUT2D eigenvalue weighted by atomic mass is 16.2. The molecule has 2 aromatic heterocycles. The normalized spacial score (nSPS) is 13.3. The van der Waals surface area contributed by atoms with Gasteiger partial charge in [-0.2, -0.15) is 10.4 Å². The molecule has 29 heavy (non-hydrogen) atoms. The SMILES string of the molecule is CC(C)n1nc(-c2ccc(C#N)cc2)c(C2CC2)c1C(=O)NCc1ccncn1. The molecule has 0 radical (unpaired) electrons. The van der Waals surface area contributed by atoms with Gasteiger partial charge in [0.05, 0.1) is 29.6 Å². The van der Waals surface area contributed by atoms with Crippen molar-refractivity contribution in [3.05, 3.63) is 65.4 Å². The highest BCUT2D eigenvalue weighted by Crippen LogP contribution is 2.46. The molecule has 1 aromatic carbocycles. The van der Waals surface area contributed by atoms with Crippen LogP contribution in [0.2, 0.25) is 0 Å². The van der Waals surface area contributed by atoms with Crippen LogP contribution in [0.4, 0.5) is 0 Å². The lowest BCUT2D eigenvalue weighted by atomic mass is 10.0. The van der Waals surface area contributed by atoms with E-state index in [1.54, 1.807) is 24.4 Å². The number of amides is 1. The first-order chi connectivity index (χ1) is 14.1. The Hall–Kier alpha value is -3.53. The van der Waals surface area contributed by atoms with Crippen LogP contribution in [0.15, 0.2) is 42.9 Å². The second kappa shape index (κ2) is 7.84. The second-order valence-electron chi connectivity index (χ2n) is 7.50. The summed E-state index contributed by atoms with van der Waals surface area (Å²) in [4.78, 5) is 21.3. The van der Waals surface area contributed by atoms with Crippen molar-refractivity contribution in [1.29, 1.82) is 5.26 Å². The van der Waals surface area contributed by atoms with Crippen molar-refractivity contribution in [2.45, 2.75) is 45.2 Å². The van der Waals surface area contributed by atoms with E-state index in [2.05, 4.69) is 21.4 Å². The van der Waals surface area contributed by atoms with Crippen LogP contribution < -0.4 is 5.32 Å². The zero-order valence-electron chi connectivity index (χ0n) is 16.5. The Balaban J connectivity index is 1.72. The van der Waals surface area contributed by atoms with Gasteiger partial charge in [0.15, 0.2) is 0 Å². The number of nitrogens with zero attached hydrogens (tertiary/aromatic N) is 5. The lowest BCUT2D eigenvalue weighted by Crippen LogP contribution is -2.27. The third kappa shape index (κ3) is 3.87. The van der Waals surface area contributed by atoms with E-state index in [1.807, 2.05) is 30.7 Å². The first-order valence-electron chi connectivity index (χ1n) is 9.74. The fourth-order valence-corrected chi connectivity index (χ4v) is 3.40. The average Bonchev–Trinajstić information content (AvgIpc) is 3.51. The highest BCUT2D eigenvalue weighted by Gasteiger charge is 2.35. The molecule has 1 fully saturated rings. The molecular formula is C22H22N6O. The lowest BCUT2D eigenvalue weighted by Gasteiger charge is -2.12. The van der Waals surface area contributed by atoms with E-state index in [0.29, 0.717) is 23.7 Å². The molecule has 4 rings (SSSR count). The standard InChI is InChI=1S/C22H22N6O/c1-14(2)28-21(22(29)25-12-18-9-10-24-13-26-18)19(16-7-8-16)20(27-28)17-5-3-15(11-23)4-6-17/h3-6,9-10,13-14,16H,7-8,12H2,1-2H3,(H,25,29). The summed E-state index contributed by atoms with van der Waals surface area (Å²) in [5.74, 6) is 0.194. The average molecular weight is 386 g/mol. The van der Waals surface area contributed by atoms with E-state index in [9.17, 15) is 4.79 Å². The molecule has 2 heterocycles. The summed E-state index contributed by atoms with van der Waals surface area (Å²) in [6, 6.07) is 11.3. The molecule has 1 aliphatic rings. The molecule has 0 bridgehead atoms. The number of nitrogens with one attached hydrogen (secondary N) is 1. The van der Waals surface area contributed by atoms with Gasteiger partial charge >= 0.3 is 0 Å². The Bertz CT molecular complexity index is 1060. The van der Waals surface area contributed by atoms with Gasteiger partial charge in [-0.15, -0.1) is 0 Å². The van der Waals surface area contributed by atoms with Crippen molar-refractivity contribution in [2.24, 2.45) is 0 Å². The molecule has 3 aromatic rings. The molecule has 1 aliphatic carbocycles. The predicted octanol–water partition coefficient (Wildman–Crippen LogP) is 3.60. The Morgan fingerprint density at radius 1 is 1.28 bits per heavy atom. The molecular weight excluding hydrogens is 364 g/mol. The van der Waals surface area contributed by atoms with Crippen LogP contribution in [0.5, 0.6) is 0 Å². The van der Waals surface area contributed by atoms with Crippen LogP contribution in [0.25, 0.3) is 11.3 Å². The van der Waals surface area contributed by atoms with Gasteiger partial charge in [-0.05, 0) is 50.8 Å². The molecule has 7 heteroatoms. The van der Waals surface area contributed by atoms with Crippen LogP contribution in [0.1, 0.15) is 66.0 Å². The maximum Gasteiger partial charge on any atom is 0.270 e. The van der Waals surface area contributed by atoms with Crippen molar-refractivity contribution in [1.82, 2.24) is 25.1 Å². The predicted molar refractivity (Wildman–Crippen MR) is 108 cm³/mol. The number of hydrogen-bond donors (Lipinski definition) is 1. The van der Waals surface area contributed by atoms with E-state index in [-0.39, 0.29) is 11.9 Å². The Kier molecular flexibility index (Phi) is 5.09. The Morgan fingerprint density at radius 2 is 2.03 bits per heavy atom. The number of hydrogen-bond acceptors (Lipinski definition) is 5. The quantitative estimate of drug-likeness (QED) is 0.698. The summed E-state index contributed by atoms with van der Waals surface area (Å²) >= 11 is 0. The van der Waals surface area contributed by atoms with E-state index in [1.165, 1.54) is 6.33 Å². The number of benzene rings is 1. The van der Waals surface area contributed by atoms with Gasteiger partial charge in [0.25, 0.3) is 5.91 Å². The smallest absolute Gasteiger partial charge is 0.270 e. The van der Waals surface area contributed by atoms with Gasteiger partial charge < -0.3 is 5.32 Å². The monoisotopic (exact) mass is 386 g/mol. The fourth-order valence-electron chi connectivity index (χ4n) is 3.40. The van der Waals surface area contributed by atoms with Crippen molar-refractivity contribution in [3.63, 3.8) is 0 Å². The Morgan fingerprint density at radius 3 is 2.62 bits per heavy atom. The van der Waals surface area contributed by atoms with E-state index >= 15 is 0 Å². The summed E-state index contributed by atoms with van der Waals surface area (Å²) in [7, 11) is 0. The van der Waals surface area contributed by atoms with Gasteiger partial charge in [0.1, 0.15) is 12.0 Å². The van der Waals surface area contributed by atoms with Gasteiger partial charge in [-0.25, -0.2) is 9.97 Å². The van der Waals surface area contributed by atoms with E-state index in [0.717, 1.165) is 35.4 Å².